The van der Waals surface area contributed by atoms with Crippen molar-refractivity contribution in [3.63, 3.8) is 0 Å². The number of H-pyrrole nitrogens is 1. The highest BCUT2D eigenvalue weighted by Gasteiger charge is 2.34. The molecule has 2 aromatic rings. The average Bonchev–Trinajstić information content (AvgIpc) is 3.22. The minimum absolute atomic E-state index is 0.0173. The Morgan fingerprint density at radius 1 is 1.37 bits per heavy atom. The molecule has 142 valence electrons. The van der Waals surface area contributed by atoms with Crippen molar-refractivity contribution in [2.24, 2.45) is 5.92 Å². The molecule has 7 heteroatoms. The first kappa shape index (κ1) is 17.6. The number of hydrogen-bond donors (Lipinski definition) is 2. The van der Waals surface area contributed by atoms with E-state index < -0.39 is 0 Å². The predicted octanol–water partition coefficient (Wildman–Crippen LogP) is 1.75. The lowest BCUT2D eigenvalue weighted by molar-refractivity contribution is -0.126. The lowest BCUT2D eigenvalue weighted by Crippen LogP contribution is -2.42. The molecule has 1 fully saturated rings. The summed E-state index contributed by atoms with van der Waals surface area (Å²) in [6.45, 7) is 2.42. The smallest absolute Gasteiger partial charge is 0.229 e. The van der Waals surface area contributed by atoms with E-state index in [2.05, 4.69) is 15.3 Å². The number of benzene rings is 1. The first-order valence-corrected chi connectivity index (χ1v) is 9.32. The van der Waals surface area contributed by atoms with Crippen LogP contribution in [0, 0.1) is 12.8 Å². The molecular formula is C20H24N4O3. The van der Waals surface area contributed by atoms with Crippen LogP contribution in [-0.2, 0) is 22.4 Å². The van der Waals surface area contributed by atoms with Gasteiger partial charge in [0.05, 0.1) is 18.8 Å². The Balaban J connectivity index is 1.39. The number of amides is 2. The molecule has 2 aliphatic rings. The lowest BCUT2D eigenvalue weighted by Gasteiger charge is -2.23. The second-order valence-electron chi connectivity index (χ2n) is 7.30. The summed E-state index contributed by atoms with van der Waals surface area (Å²) >= 11 is 0. The molecule has 0 saturated carbocycles. The van der Waals surface area contributed by atoms with Gasteiger partial charge in [0, 0.05) is 42.8 Å². The van der Waals surface area contributed by atoms with E-state index in [-0.39, 0.29) is 23.8 Å². The summed E-state index contributed by atoms with van der Waals surface area (Å²) in [6, 6.07) is 7.26. The van der Waals surface area contributed by atoms with Crippen LogP contribution in [-0.4, -0.2) is 41.5 Å². The number of fused-ring (bicyclic) bond motifs is 1. The third kappa shape index (κ3) is 3.54. The zero-order valence-electron chi connectivity index (χ0n) is 15.6. The largest absolute Gasteiger partial charge is 0.497 e. The SMILES string of the molecule is COc1cccc(N2C[C@H](NC(=O)[C@H]3CCc4nc(C)[nH]c4C3)CC2=O)c1. The van der Waals surface area contributed by atoms with Gasteiger partial charge in [-0.1, -0.05) is 6.07 Å². The highest BCUT2D eigenvalue weighted by Crippen LogP contribution is 2.27. The van der Waals surface area contributed by atoms with Crippen molar-refractivity contribution in [1.82, 2.24) is 15.3 Å². The molecule has 2 atom stereocenters. The Hall–Kier alpha value is -2.83. The normalized spacial score (nSPS) is 21.9. The van der Waals surface area contributed by atoms with Crippen molar-refractivity contribution in [3.05, 3.63) is 41.5 Å². The van der Waals surface area contributed by atoms with E-state index in [1.807, 2.05) is 31.2 Å². The van der Waals surface area contributed by atoms with Gasteiger partial charge in [0.25, 0.3) is 0 Å². The number of carbonyl (C=O) groups is 2. The maximum atomic E-state index is 12.7. The molecule has 0 spiro atoms. The molecule has 1 aromatic heterocycles. The van der Waals surface area contributed by atoms with E-state index in [0.717, 1.165) is 35.7 Å². The van der Waals surface area contributed by atoms with Gasteiger partial charge in [0.1, 0.15) is 11.6 Å². The van der Waals surface area contributed by atoms with Crippen LogP contribution in [0.15, 0.2) is 24.3 Å². The molecule has 1 aliphatic carbocycles. The van der Waals surface area contributed by atoms with Crippen LogP contribution in [0.2, 0.25) is 0 Å². The number of hydrogen-bond acceptors (Lipinski definition) is 4. The van der Waals surface area contributed by atoms with E-state index in [1.54, 1.807) is 12.0 Å². The van der Waals surface area contributed by atoms with Gasteiger partial charge < -0.3 is 19.9 Å². The topological polar surface area (TPSA) is 87.3 Å². The zero-order chi connectivity index (χ0) is 19.0. The summed E-state index contributed by atoms with van der Waals surface area (Å²) in [6.07, 6.45) is 2.62. The summed E-state index contributed by atoms with van der Waals surface area (Å²) in [4.78, 5) is 34.6. The summed E-state index contributed by atoms with van der Waals surface area (Å²) in [7, 11) is 1.60. The van der Waals surface area contributed by atoms with Gasteiger partial charge in [-0.05, 0) is 31.9 Å². The van der Waals surface area contributed by atoms with Crippen LogP contribution in [0.5, 0.6) is 5.75 Å². The fourth-order valence-electron chi connectivity index (χ4n) is 4.00. The van der Waals surface area contributed by atoms with Gasteiger partial charge in [0.2, 0.25) is 11.8 Å². The van der Waals surface area contributed by atoms with Crippen LogP contribution in [0.4, 0.5) is 5.69 Å². The number of aromatic amines is 1. The molecule has 7 nitrogen and oxygen atoms in total. The van der Waals surface area contributed by atoms with Gasteiger partial charge in [-0.2, -0.15) is 0 Å². The molecule has 0 bridgehead atoms. The quantitative estimate of drug-likeness (QED) is 0.861. The first-order chi connectivity index (χ1) is 13.0. The van der Waals surface area contributed by atoms with Crippen molar-refractivity contribution in [2.45, 2.75) is 38.6 Å². The molecule has 2 heterocycles. The van der Waals surface area contributed by atoms with Crippen LogP contribution in [0.3, 0.4) is 0 Å². The van der Waals surface area contributed by atoms with Crippen LogP contribution in [0.25, 0.3) is 0 Å². The molecule has 27 heavy (non-hydrogen) atoms. The fraction of sp³-hybridized carbons (Fsp3) is 0.450. The molecule has 4 rings (SSSR count). The third-order valence-corrected chi connectivity index (χ3v) is 5.37. The van der Waals surface area contributed by atoms with Gasteiger partial charge in [-0.3, -0.25) is 9.59 Å². The zero-order valence-corrected chi connectivity index (χ0v) is 15.6. The number of aryl methyl sites for hydroxylation is 2. The van der Waals surface area contributed by atoms with Crippen molar-refractivity contribution < 1.29 is 14.3 Å². The average molecular weight is 368 g/mol. The first-order valence-electron chi connectivity index (χ1n) is 9.32. The van der Waals surface area contributed by atoms with Gasteiger partial charge in [-0.25, -0.2) is 4.98 Å². The van der Waals surface area contributed by atoms with E-state index in [9.17, 15) is 9.59 Å². The molecule has 0 unspecified atom stereocenters. The standard InChI is InChI=1S/C20H24N4O3/c1-12-21-17-7-6-13(8-18(17)22-12)20(26)23-14-9-19(25)24(11-14)15-4-3-5-16(10-15)27-2/h3-5,10,13-14H,6-9,11H2,1-2H3,(H,21,22)(H,23,26)/t13-,14+/m0/s1. The monoisotopic (exact) mass is 368 g/mol. The Morgan fingerprint density at radius 3 is 3.04 bits per heavy atom. The Kier molecular flexibility index (Phi) is 4.59. The fourth-order valence-corrected chi connectivity index (χ4v) is 4.00. The van der Waals surface area contributed by atoms with E-state index in [0.29, 0.717) is 25.1 Å². The van der Waals surface area contributed by atoms with Crippen LogP contribution in [0.1, 0.15) is 30.1 Å². The van der Waals surface area contributed by atoms with E-state index in [1.165, 1.54) is 0 Å². The van der Waals surface area contributed by atoms with Crippen molar-refractivity contribution in [2.75, 3.05) is 18.6 Å². The second kappa shape index (κ2) is 7.06. The summed E-state index contributed by atoms with van der Waals surface area (Å²) in [5, 5.41) is 3.08. The van der Waals surface area contributed by atoms with Gasteiger partial charge >= 0.3 is 0 Å². The number of nitrogens with zero attached hydrogens (tertiary/aromatic N) is 2. The number of anilines is 1. The molecule has 2 N–H and O–H groups in total. The highest BCUT2D eigenvalue weighted by molar-refractivity contribution is 5.97. The lowest BCUT2D eigenvalue weighted by atomic mass is 9.89. The number of aromatic nitrogens is 2. The summed E-state index contributed by atoms with van der Waals surface area (Å²) < 4.78 is 5.24. The van der Waals surface area contributed by atoms with Crippen molar-refractivity contribution in [1.29, 1.82) is 0 Å². The second-order valence-corrected chi connectivity index (χ2v) is 7.30. The molecule has 1 aromatic carbocycles. The Bertz CT molecular complexity index is 876. The van der Waals surface area contributed by atoms with Crippen molar-refractivity contribution >= 4 is 17.5 Å². The third-order valence-electron chi connectivity index (χ3n) is 5.37. The number of imidazole rings is 1. The van der Waals surface area contributed by atoms with Crippen LogP contribution >= 0.6 is 0 Å². The predicted molar refractivity (Wildman–Crippen MR) is 101 cm³/mol. The highest BCUT2D eigenvalue weighted by atomic mass is 16.5. The van der Waals surface area contributed by atoms with Gasteiger partial charge in [0.15, 0.2) is 0 Å². The number of carbonyl (C=O) groups excluding carboxylic acids is 2. The number of methoxy groups -OCH3 is 1. The number of nitrogens with one attached hydrogen (secondary N) is 2. The minimum atomic E-state index is -0.166. The summed E-state index contributed by atoms with van der Waals surface area (Å²) in [5.74, 6) is 1.58. The number of ether oxygens (including phenoxy) is 1. The van der Waals surface area contributed by atoms with Crippen molar-refractivity contribution in [3.8, 4) is 5.75 Å². The Morgan fingerprint density at radius 2 is 2.22 bits per heavy atom. The number of rotatable bonds is 4. The molecule has 2 amide bonds. The molecule has 0 radical (unpaired) electrons. The minimum Gasteiger partial charge on any atom is -0.497 e. The molecule has 1 saturated heterocycles. The summed E-state index contributed by atoms with van der Waals surface area (Å²) in [5.41, 5.74) is 2.95. The molecular weight excluding hydrogens is 344 g/mol. The molecule has 1 aliphatic heterocycles. The van der Waals surface area contributed by atoms with Gasteiger partial charge in [-0.15, -0.1) is 0 Å². The van der Waals surface area contributed by atoms with E-state index >= 15 is 0 Å². The maximum Gasteiger partial charge on any atom is 0.229 e. The maximum absolute atomic E-state index is 12.7. The Labute approximate surface area is 158 Å². The van der Waals surface area contributed by atoms with E-state index in [4.69, 9.17) is 4.74 Å². The van der Waals surface area contributed by atoms with Crippen LogP contribution < -0.4 is 15.0 Å².